The molecule has 4 nitrogen and oxygen atoms in total. The Balaban J connectivity index is 1.29. The van der Waals surface area contributed by atoms with E-state index in [9.17, 15) is 18.0 Å². The molecule has 6 rings (SSSR count). The summed E-state index contributed by atoms with van der Waals surface area (Å²) in [5.41, 5.74) is 2.95. The average molecular weight is 556 g/mol. The van der Waals surface area contributed by atoms with Gasteiger partial charge in [0.2, 0.25) is 5.91 Å². The molecule has 2 aromatic rings. The second-order valence-electron chi connectivity index (χ2n) is 12.6. The van der Waals surface area contributed by atoms with Crippen LogP contribution in [0.2, 0.25) is 0 Å². The van der Waals surface area contributed by atoms with Gasteiger partial charge in [-0.2, -0.15) is 13.2 Å². The lowest BCUT2D eigenvalue weighted by Crippen LogP contribution is -2.82. The zero-order valence-electron chi connectivity index (χ0n) is 23.3. The molecular weight excluding hydrogens is 513 g/mol. The second-order valence-corrected chi connectivity index (χ2v) is 12.6. The fourth-order valence-corrected chi connectivity index (χ4v) is 8.55. The lowest BCUT2D eigenvalue weighted by molar-refractivity contribution is -0.640. The zero-order valence-corrected chi connectivity index (χ0v) is 23.3. The van der Waals surface area contributed by atoms with Gasteiger partial charge < -0.3 is 15.0 Å². The highest BCUT2D eigenvalue weighted by Crippen LogP contribution is 2.48. The Morgan fingerprint density at radius 1 is 1.00 bits per heavy atom. The number of carbonyl (C=O) groups is 1. The lowest BCUT2D eigenvalue weighted by Gasteiger charge is -2.47. The number of hydrogen-bond donors (Lipinski definition) is 1. The molecule has 7 heteroatoms. The molecule has 2 heterocycles. The van der Waals surface area contributed by atoms with E-state index < -0.39 is 12.8 Å². The first-order valence-corrected chi connectivity index (χ1v) is 15.3. The van der Waals surface area contributed by atoms with Gasteiger partial charge in [0, 0.05) is 12.6 Å². The molecule has 2 aliphatic heterocycles. The van der Waals surface area contributed by atoms with Crippen LogP contribution in [0.4, 0.5) is 13.2 Å². The highest BCUT2D eigenvalue weighted by Gasteiger charge is 2.55. The minimum absolute atomic E-state index is 0.163. The minimum atomic E-state index is -4.38. The number of fused-ring (bicyclic) bond motifs is 2. The summed E-state index contributed by atoms with van der Waals surface area (Å²) in [6.45, 7) is 1.04. The van der Waals surface area contributed by atoms with Gasteiger partial charge in [-0.1, -0.05) is 61.7 Å². The van der Waals surface area contributed by atoms with Gasteiger partial charge in [0.15, 0.2) is 6.61 Å². The summed E-state index contributed by atoms with van der Waals surface area (Å²) >= 11 is 0. The predicted octanol–water partition coefficient (Wildman–Crippen LogP) is 5.75. The zero-order chi connectivity index (χ0) is 27.7. The largest absolute Gasteiger partial charge is 0.484 e. The number of piperidine rings is 1. The molecule has 0 unspecified atom stereocenters. The number of nitrogens with two attached hydrogens (primary N) is 1. The SMILES string of the molecule is O=C([C@@H]1C[NH2+]C[C@]12CCCc1c(OCC(F)(F)F)cccc12)N1CC[C@@H](c2ccccc2)C[C@H]1C1CCCCC1. The first-order chi connectivity index (χ1) is 19.4. The van der Waals surface area contributed by atoms with E-state index >= 15 is 0 Å². The predicted molar refractivity (Wildman–Crippen MR) is 148 cm³/mol. The fourth-order valence-electron chi connectivity index (χ4n) is 8.55. The monoisotopic (exact) mass is 555 g/mol. The smallest absolute Gasteiger partial charge is 0.422 e. The van der Waals surface area contributed by atoms with Crippen molar-refractivity contribution in [2.45, 2.75) is 87.8 Å². The van der Waals surface area contributed by atoms with Crippen LogP contribution in [0.15, 0.2) is 48.5 Å². The number of hydrogen-bond acceptors (Lipinski definition) is 2. The number of likely N-dealkylation sites (tertiary alicyclic amines) is 1. The Bertz CT molecular complexity index is 1180. The van der Waals surface area contributed by atoms with Crippen molar-refractivity contribution < 1.29 is 28.0 Å². The number of rotatable bonds is 5. The number of benzene rings is 2. The number of nitrogens with zero attached hydrogens (tertiary/aromatic N) is 1. The van der Waals surface area contributed by atoms with Gasteiger partial charge in [-0.15, -0.1) is 0 Å². The molecule has 2 saturated heterocycles. The third-order valence-electron chi connectivity index (χ3n) is 10.4. The van der Waals surface area contributed by atoms with Crippen LogP contribution in [0.5, 0.6) is 5.75 Å². The molecule has 4 aliphatic rings. The van der Waals surface area contributed by atoms with Crippen molar-refractivity contribution in [1.29, 1.82) is 0 Å². The lowest BCUT2D eigenvalue weighted by atomic mass is 9.63. The van der Waals surface area contributed by atoms with Crippen LogP contribution in [-0.4, -0.2) is 49.3 Å². The van der Waals surface area contributed by atoms with Crippen LogP contribution < -0.4 is 10.1 Å². The van der Waals surface area contributed by atoms with Gasteiger partial charge in [0.05, 0.1) is 18.5 Å². The van der Waals surface area contributed by atoms with Crippen molar-refractivity contribution in [1.82, 2.24) is 4.90 Å². The number of quaternary nitrogens is 1. The quantitative estimate of drug-likeness (QED) is 0.511. The van der Waals surface area contributed by atoms with Crippen LogP contribution in [0, 0.1) is 11.8 Å². The molecule has 0 aromatic heterocycles. The molecule has 0 bridgehead atoms. The standard InChI is InChI=1S/C33H41F3N2O2/c34-33(35,36)22-40-30-15-7-14-27-26(30)13-8-17-32(27)21-37-20-28(32)31(39)38-18-16-25(23-9-3-1-4-10-23)19-29(38)24-11-5-2-6-12-24/h1,3-4,7,9-10,14-15,24-25,28-29,37H,2,5-6,8,11-13,16-22H2/p+1/t25-,28+,29+,32+/m1/s1. The third kappa shape index (κ3) is 5.38. The molecule has 2 aromatic carbocycles. The normalized spacial score (nSPS) is 29.4. The maximum Gasteiger partial charge on any atom is 0.422 e. The molecule has 216 valence electrons. The number of ether oxygens (including phenoxy) is 1. The van der Waals surface area contributed by atoms with E-state index in [2.05, 4.69) is 46.6 Å². The average Bonchev–Trinajstić information content (AvgIpc) is 3.40. The van der Waals surface area contributed by atoms with E-state index in [1.165, 1.54) is 37.7 Å². The summed E-state index contributed by atoms with van der Waals surface area (Å²) in [5.74, 6) is 1.46. The van der Waals surface area contributed by atoms with Crippen LogP contribution in [0.3, 0.4) is 0 Å². The van der Waals surface area contributed by atoms with Gasteiger partial charge in [-0.25, -0.2) is 0 Å². The summed E-state index contributed by atoms with van der Waals surface area (Å²) in [5, 5.41) is 2.26. The van der Waals surface area contributed by atoms with Crippen LogP contribution in [0.1, 0.15) is 80.4 Å². The molecule has 1 amide bonds. The fraction of sp³-hybridized carbons (Fsp3) is 0.606. The van der Waals surface area contributed by atoms with E-state index in [0.29, 0.717) is 24.0 Å². The molecule has 2 N–H and O–H groups in total. The van der Waals surface area contributed by atoms with Gasteiger partial charge >= 0.3 is 6.18 Å². The molecule has 1 saturated carbocycles. The van der Waals surface area contributed by atoms with Crippen LogP contribution >= 0.6 is 0 Å². The van der Waals surface area contributed by atoms with Crippen molar-refractivity contribution in [3.63, 3.8) is 0 Å². The highest BCUT2D eigenvalue weighted by molar-refractivity contribution is 5.82. The Morgan fingerprint density at radius 3 is 2.58 bits per heavy atom. The molecular formula is C33H42F3N2O2+. The Labute approximate surface area is 235 Å². The molecule has 0 radical (unpaired) electrons. The Morgan fingerprint density at radius 2 is 1.80 bits per heavy atom. The van der Waals surface area contributed by atoms with Crippen LogP contribution in [-0.2, 0) is 16.6 Å². The van der Waals surface area contributed by atoms with Gasteiger partial charge in [-0.05, 0) is 79.5 Å². The molecule has 2 aliphatic carbocycles. The summed E-state index contributed by atoms with van der Waals surface area (Å²) in [6.07, 6.45) is 6.24. The number of amides is 1. The van der Waals surface area contributed by atoms with Crippen molar-refractivity contribution in [2.75, 3.05) is 26.2 Å². The number of alkyl halides is 3. The van der Waals surface area contributed by atoms with Crippen molar-refractivity contribution in [2.24, 2.45) is 11.8 Å². The van der Waals surface area contributed by atoms with Crippen molar-refractivity contribution in [3.05, 3.63) is 65.2 Å². The van der Waals surface area contributed by atoms with E-state index in [-0.39, 0.29) is 23.3 Å². The van der Waals surface area contributed by atoms with Crippen LogP contribution in [0.25, 0.3) is 0 Å². The molecule has 1 spiro atoms. The van der Waals surface area contributed by atoms with E-state index in [1.54, 1.807) is 6.07 Å². The topological polar surface area (TPSA) is 46.1 Å². The van der Waals surface area contributed by atoms with E-state index in [4.69, 9.17) is 4.74 Å². The Kier molecular flexibility index (Phi) is 7.86. The van der Waals surface area contributed by atoms with Gasteiger partial charge in [0.25, 0.3) is 0 Å². The molecule has 3 fully saturated rings. The van der Waals surface area contributed by atoms with Crippen molar-refractivity contribution in [3.8, 4) is 5.75 Å². The minimum Gasteiger partial charge on any atom is -0.484 e. The first kappa shape index (κ1) is 27.6. The first-order valence-electron chi connectivity index (χ1n) is 15.3. The summed E-state index contributed by atoms with van der Waals surface area (Å²) in [4.78, 5) is 16.9. The van der Waals surface area contributed by atoms with Gasteiger partial charge in [-0.3, -0.25) is 4.79 Å². The Hall–Kier alpha value is -2.54. The van der Waals surface area contributed by atoms with Gasteiger partial charge in [0.1, 0.15) is 11.7 Å². The summed E-state index contributed by atoms with van der Waals surface area (Å²) in [6, 6.07) is 16.6. The molecule has 40 heavy (non-hydrogen) atoms. The maximum absolute atomic E-state index is 14.6. The van der Waals surface area contributed by atoms with E-state index in [0.717, 1.165) is 56.4 Å². The second kappa shape index (κ2) is 11.4. The summed E-state index contributed by atoms with van der Waals surface area (Å²) in [7, 11) is 0. The molecule has 4 atom stereocenters. The van der Waals surface area contributed by atoms with Crippen molar-refractivity contribution >= 4 is 5.91 Å². The number of halogens is 3. The van der Waals surface area contributed by atoms with E-state index in [1.807, 2.05) is 6.07 Å². The summed E-state index contributed by atoms with van der Waals surface area (Å²) < 4.78 is 44.3. The number of carbonyl (C=O) groups excluding carboxylic acids is 1. The maximum atomic E-state index is 14.6. The highest BCUT2D eigenvalue weighted by atomic mass is 19.4. The third-order valence-corrected chi connectivity index (χ3v) is 10.4.